The van der Waals surface area contributed by atoms with Crippen LogP contribution in [0.3, 0.4) is 0 Å². The van der Waals surface area contributed by atoms with Crippen LogP contribution in [0.2, 0.25) is 0 Å². The molecule has 2 heterocycles. The largest absolute Gasteiger partial charge is 0.494 e. The SMILES string of the molecule is COc1ccc(NC(=O)c2ccc(OCC(=O)N3C(C)CCCC3C)cc2)c2cccnc12. The molecule has 33 heavy (non-hydrogen) atoms. The monoisotopic (exact) mass is 447 g/mol. The van der Waals surface area contributed by atoms with Gasteiger partial charge in [-0.3, -0.25) is 14.6 Å². The first-order valence-electron chi connectivity index (χ1n) is 11.2. The summed E-state index contributed by atoms with van der Waals surface area (Å²) >= 11 is 0. The first-order valence-corrected chi connectivity index (χ1v) is 11.2. The van der Waals surface area contributed by atoms with Crippen molar-refractivity contribution in [1.82, 2.24) is 9.88 Å². The fraction of sp³-hybridized carbons (Fsp3) is 0.346. The van der Waals surface area contributed by atoms with Crippen LogP contribution in [0.25, 0.3) is 10.9 Å². The van der Waals surface area contributed by atoms with Crippen molar-refractivity contribution in [1.29, 1.82) is 0 Å². The summed E-state index contributed by atoms with van der Waals surface area (Å²) in [5, 5.41) is 3.73. The second kappa shape index (κ2) is 9.90. The third kappa shape index (κ3) is 4.92. The lowest BCUT2D eigenvalue weighted by Gasteiger charge is -2.38. The third-order valence-electron chi connectivity index (χ3n) is 6.16. The number of rotatable bonds is 6. The molecule has 1 aromatic heterocycles. The fourth-order valence-corrected chi connectivity index (χ4v) is 4.45. The van der Waals surface area contributed by atoms with Crippen LogP contribution >= 0.6 is 0 Å². The Labute approximate surface area is 193 Å². The molecule has 1 aliphatic rings. The third-order valence-corrected chi connectivity index (χ3v) is 6.16. The van der Waals surface area contributed by atoms with Crippen LogP contribution in [-0.2, 0) is 4.79 Å². The highest BCUT2D eigenvalue weighted by atomic mass is 16.5. The highest BCUT2D eigenvalue weighted by molar-refractivity contribution is 6.09. The number of nitrogens with zero attached hydrogens (tertiary/aromatic N) is 2. The Kier molecular flexibility index (Phi) is 6.77. The first-order chi connectivity index (χ1) is 16.0. The molecule has 2 amide bonds. The average molecular weight is 448 g/mol. The van der Waals surface area contributed by atoms with Crippen molar-refractivity contribution in [3.63, 3.8) is 0 Å². The van der Waals surface area contributed by atoms with E-state index in [4.69, 9.17) is 9.47 Å². The molecule has 0 bridgehead atoms. The van der Waals surface area contributed by atoms with Gasteiger partial charge >= 0.3 is 0 Å². The van der Waals surface area contributed by atoms with E-state index in [1.165, 1.54) is 0 Å². The number of carbonyl (C=O) groups is 2. The van der Waals surface area contributed by atoms with Crippen molar-refractivity contribution >= 4 is 28.4 Å². The molecule has 0 saturated carbocycles. The smallest absolute Gasteiger partial charge is 0.260 e. The van der Waals surface area contributed by atoms with E-state index in [0.29, 0.717) is 28.3 Å². The number of aromatic nitrogens is 1. The van der Waals surface area contributed by atoms with Gasteiger partial charge < -0.3 is 19.7 Å². The molecule has 7 nitrogen and oxygen atoms in total. The highest BCUT2D eigenvalue weighted by Crippen LogP contribution is 2.30. The molecule has 0 aliphatic carbocycles. The van der Waals surface area contributed by atoms with Crippen LogP contribution in [0.5, 0.6) is 11.5 Å². The summed E-state index contributed by atoms with van der Waals surface area (Å²) in [6.07, 6.45) is 4.89. The lowest BCUT2D eigenvalue weighted by atomic mass is 9.97. The van der Waals surface area contributed by atoms with Crippen LogP contribution < -0.4 is 14.8 Å². The van der Waals surface area contributed by atoms with E-state index in [1.807, 2.05) is 17.0 Å². The molecule has 0 spiro atoms. The number of benzene rings is 2. The minimum atomic E-state index is -0.246. The summed E-state index contributed by atoms with van der Waals surface area (Å²) in [5.74, 6) is 0.949. The zero-order valence-corrected chi connectivity index (χ0v) is 19.2. The van der Waals surface area contributed by atoms with Gasteiger partial charge in [-0.05, 0) is 81.6 Å². The molecule has 1 fully saturated rings. The molecule has 7 heteroatoms. The van der Waals surface area contributed by atoms with Gasteiger partial charge in [-0.1, -0.05) is 0 Å². The summed E-state index contributed by atoms with van der Waals surface area (Å²) < 4.78 is 11.1. The molecule has 1 saturated heterocycles. The standard InChI is InChI=1S/C26H29N3O4/c1-17-6-4-7-18(2)29(17)24(30)16-33-20-11-9-19(10-12-20)26(31)28-22-13-14-23(32-3)25-21(22)8-5-15-27-25/h5,8-15,17-18H,4,6-7,16H2,1-3H3,(H,28,31). The molecule has 172 valence electrons. The van der Waals surface area contributed by atoms with E-state index in [1.54, 1.807) is 49.7 Å². The van der Waals surface area contributed by atoms with Gasteiger partial charge in [-0.25, -0.2) is 0 Å². The van der Waals surface area contributed by atoms with E-state index in [2.05, 4.69) is 24.1 Å². The predicted molar refractivity (Wildman–Crippen MR) is 128 cm³/mol. The minimum absolute atomic E-state index is 0.00323. The van der Waals surface area contributed by atoms with Gasteiger partial charge in [0.25, 0.3) is 11.8 Å². The van der Waals surface area contributed by atoms with E-state index in [9.17, 15) is 9.59 Å². The van der Waals surface area contributed by atoms with E-state index >= 15 is 0 Å². The molecular weight excluding hydrogens is 418 g/mol. The zero-order chi connectivity index (χ0) is 23.4. The van der Waals surface area contributed by atoms with Gasteiger partial charge in [0.15, 0.2) is 6.61 Å². The number of hydrogen-bond acceptors (Lipinski definition) is 5. The normalized spacial score (nSPS) is 18.1. The molecule has 0 radical (unpaired) electrons. The van der Waals surface area contributed by atoms with Crippen molar-refractivity contribution in [2.75, 3.05) is 19.0 Å². The number of methoxy groups -OCH3 is 1. The van der Waals surface area contributed by atoms with Gasteiger partial charge in [0.2, 0.25) is 0 Å². The number of nitrogens with one attached hydrogen (secondary N) is 1. The number of hydrogen-bond donors (Lipinski definition) is 1. The average Bonchev–Trinajstić information content (AvgIpc) is 2.83. The molecule has 4 rings (SSSR count). The zero-order valence-electron chi connectivity index (χ0n) is 19.2. The summed E-state index contributed by atoms with van der Waals surface area (Å²) in [6.45, 7) is 4.16. The van der Waals surface area contributed by atoms with Gasteiger partial charge in [-0.15, -0.1) is 0 Å². The summed E-state index contributed by atoms with van der Waals surface area (Å²) in [4.78, 5) is 31.7. The number of amides is 2. The maximum atomic E-state index is 12.8. The first kappa shape index (κ1) is 22.6. The number of anilines is 1. The Balaban J connectivity index is 1.40. The predicted octanol–water partition coefficient (Wildman–Crippen LogP) is 4.66. The van der Waals surface area contributed by atoms with Crippen molar-refractivity contribution in [3.8, 4) is 11.5 Å². The second-order valence-electron chi connectivity index (χ2n) is 8.41. The summed E-state index contributed by atoms with van der Waals surface area (Å²) in [5.41, 5.74) is 1.82. The molecule has 3 aromatic rings. The van der Waals surface area contributed by atoms with Gasteiger partial charge in [0.1, 0.15) is 17.0 Å². The molecule has 1 N–H and O–H groups in total. The summed E-state index contributed by atoms with van der Waals surface area (Å²) in [6, 6.07) is 14.5. The highest BCUT2D eigenvalue weighted by Gasteiger charge is 2.29. The number of ether oxygens (including phenoxy) is 2. The Morgan fingerprint density at radius 2 is 1.79 bits per heavy atom. The van der Waals surface area contributed by atoms with Gasteiger partial charge in [-0.2, -0.15) is 0 Å². The number of carbonyl (C=O) groups excluding carboxylic acids is 2. The Morgan fingerprint density at radius 3 is 2.48 bits per heavy atom. The number of piperidine rings is 1. The van der Waals surface area contributed by atoms with Crippen molar-refractivity contribution in [2.45, 2.75) is 45.2 Å². The molecule has 2 unspecified atom stereocenters. The Bertz CT molecular complexity index is 1140. The lowest BCUT2D eigenvalue weighted by molar-refractivity contribution is -0.139. The van der Waals surface area contributed by atoms with Crippen LogP contribution in [0, 0.1) is 0 Å². The van der Waals surface area contributed by atoms with Crippen LogP contribution in [0.4, 0.5) is 5.69 Å². The van der Waals surface area contributed by atoms with E-state index in [0.717, 1.165) is 24.6 Å². The van der Waals surface area contributed by atoms with Crippen LogP contribution in [0.1, 0.15) is 43.5 Å². The number of pyridine rings is 1. The maximum absolute atomic E-state index is 12.8. The number of fused-ring (bicyclic) bond motifs is 1. The van der Waals surface area contributed by atoms with Crippen LogP contribution in [0.15, 0.2) is 54.7 Å². The lowest BCUT2D eigenvalue weighted by Crippen LogP contribution is -2.49. The van der Waals surface area contributed by atoms with Crippen LogP contribution in [-0.4, -0.2) is 47.5 Å². The Morgan fingerprint density at radius 1 is 1.06 bits per heavy atom. The molecular formula is C26H29N3O4. The van der Waals surface area contributed by atoms with Crippen molar-refractivity contribution in [2.24, 2.45) is 0 Å². The molecule has 2 atom stereocenters. The topological polar surface area (TPSA) is 80.8 Å². The van der Waals surface area contributed by atoms with Crippen molar-refractivity contribution in [3.05, 3.63) is 60.3 Å². The Hall–Kier alpha value is -3.61. The minimum Gasteiger partial charge on any atom is -0.494 e. The van der Waals surface area contributed by atoms with Gasteiger partial charge in [0, 0.05) is 29.2 Å². The van der Waals surface area contributed by atoms with Crippen molar-refractivity contribution < 1.29 is 19.1 Å². The second-order valence-corrected chi connectivity index (χ2v) is 8.41. The maximum Gasteiger partial charge on any atom is 0.260 e. The van der Waals surface area contributed by atoms with Gasteiger partial charge in [0.05, 0.1) is 12.8 Å². The molecule has 1 aliphatic heterocycles. The fourth-order valence-electron chi connectivity index (χ4n) is 4.45. The number of likely N-dealkylation sites (tertiary alicyclic amines) is 1. The summed E-state index contributed by atoms with van der Waals surface area (Å²) in [7, 11) is 1.59. The van der Waals surface area contributed by atoms with E-state index in [-0.39, 0.29) is 30.5 Å². The quantitative estimate of drug-likeness (QED) is 0.594. The molecule has 2 aromatic carbocycles. The van der Waals surface area contributed by atoms with E-state index < -0.39 is 0 Å².